The van der Waals surface area contributed by atoms with Crippen molar-refractivity contribution in [2.24, 2.45) is 17.6 Å². The van der Waals surface area contributed by atoms with Crippen LogP contribution in [0.3, 0.4) is 0 Å². The number of rotatable bonds is 4. The van der Waals surface area contributed by atoms with Gasteiger partial charge in [0.15, 0.2) is 0 Å². The molecule has 3 heteroatoms. The molecule has 2 atom stereocenters. The molecule has 2 fully saturated rings. The fourth-order valence-electron chi connectivity index (χ4n) is 2.48. The molecule has 0 heterocycles. The van der Waals surface area contributed by atoms with E-state index in [4.69, 9.17) is 10.5 Å². The molecular formula is C14H17NO2. The van der Waals surface area contributed by atoms with Crippen molar-refractivity contribution in [1.29, 1.82) is 0 Å². The van der Waals surface area contributed by atoms with Gasteiger partial charge in [-0.2, -0.15) is 0 Å². The zero-order valence-electron chi connectivity index (χ0n) is 9.76. The lowest BCUT2D eigenvalue weighted by atomic mass is 10.1. The molecule has 2 aliphatic rings. The number of carbonyl (C=O) groups is 1. The smallest absolute Gasteiger partial charge is 0.326 e. The fraction of sp³-hybridized carbons (Fsp3) is 0.500. The first kappa shape index (κ1) is 10.8. The lowest BCUT2D eigenvalue weighted by molar-refractivity contribution is -0.148. The minimum Gasteiger partial charge on any atom is -0.459 e. The van der Waals surface area contributed by atoms with Crippen molar-refractivity contribution < 1.29 is 9.53 Å². The summed E-state index contributed by atoms with van der Waals surface area (Å²) in [6.45, 7) is 0.329. The Hall–Kier alpha value is -1.35. The number of nitrogens with two attached hydrogens (primary N) is 1. The maximum atomic E-state index is 11.9. The van der Waals surface area contributed by atoms with Gasteiger partial charge < -0.3 is 10.5 Å². The van der Waals surface area contributed by atoms with E-state index < -0.39 is 5.54 Å². The minimum atomic E-state index is -0.671. The van der Waals surface area contributed by atoms with Gasteiger partial charge in [0.25, 0.3) is 0 Å². The van der Waals surface area contributed by atoms with Crippen molar-refractivity contribution in [3.8, 4) is 0 Å². The van der Waals surface area contributed by atoms with Crippen LogP contribution in [-0.2, 0) is 16.1 Å². The zero-order valence-corrected chi connectivity index (χ0v) is 9.76. The highest BCUT2D eigenvalue weighted by atomic mass is 16.5. The van der Waals surface area contributed by atoms with Crippen molar-refractivity contribution in [3.05, 3.63) is 35.9 Å². The van der Waals surface area contributed by atoms with Gasteiger partial charge >= 0.3 is 5.97 Å². The molecule has 0 aliphatic heterocycles. The molecule has 1 aromatic carbocycles. The quantitative estimate of drug-likeness (QED) is 0.805. The van der Waals surface area contributed by atoms with E-state index in [0.717, 1.165) is 12.0 Å². The average molecular weight is 231 g/mol. The summed E-state index contributed by atoms with van der Waals surface area (Å²) in [6, 6.07) is 9.71. The van der Waals surface area contributed by atoms with Crippen molar-refractivity contribution in [2.45, 2.75) is 31.4 Å². The second kappa shape index (κ2) is 3.84. The number of esters is 1. The van der Waals surface area contributed by atoms with Crippen molar-refractivity contribution in [2.75, 3.05) is 0 Å². The molecule has 0 bridgehead atoms. The standard InChI is InChI=1S/C14H17NO2/c15-14(8-12(14)11-6-7-11)13(16)17-9-10-4-2-1-3-5-10/h1-5,11-12H,6-9,15H2/t12-,14+/m1/s1. The van der Waals surface area contributed by atoms with E-state index >= 15 is 0 Å². The number of carbonyl (C=O) groups excluding carboxylic acids is 1. The molecule has 17 heavy (non-hydrogen) atoms. The molecule has 0 aromatic heterocycles. The van der Waals surface area contributed by atoms with Gasteiger partial charge in [-0.1, -0.05) is 30.3 Å². The third-order valence-corrected chi connectivity index (χ3v) is 3.84. The Bertz CT molecular complexity index is 427. The number of benzene rings is 1. The van der Waals surface area contributed by atoms with Crippen LogP contribution in [0.15, 0.2) is 30.3 Å². The first-order chi connectivity index (χ1) is 8.20. The second-order valence-corrected chi connectivity index (χ2v) is 5.25. The summed E-state index contributed by atoms with van der Waals surface area (Å²) in [6.07, 6.45) is 3.27. The number of ether oxygens (including phenoxy) is 1. The molecule has 0 spiro atoms. The van der Waals surface area contributed by atoms with Crippen LogP contribution >= 0.6 is 0 Å². The molecule has 0 radical (unpaired) electrons. The third kappa shape index (κ3) is 2.07. The first-order valence-electron chi connectivity index (χ1n) is 6.20. The van der Waals surface area contributed by atoms with E-state index in [1.54, 1.807) is 0 Å². The van der Waals surface area contributed by atoms with Gasteiger partial charge in [-0.05, 0) is 36.7 Å². The van der Waals surface area contributed by atoms with Gasteiger partial charge in [0.05, 0.1) is 0 Å². The van der Waals surface area contributed by atoms with Crippen molar-refractivity contribution in [3.63, 3.8) is 0 Å². The molecule has 3 rings (SSSR count). The van der Waals surface area contributed by atoms with Crippen LogP contribution < -0.4 is 5.73 Å². The normalized spacial score (nSPS) is 31.0. The molecule has 2 saturated carbocycles. The van der Waals surface area contributed by atoms with Gasteiger partial charge in [-0.3, -0.25) is 4.79 Å². The van der Waals surface area contributed by atoms with E-state index in [9.17, 15) is 4.79 Å². The van der Waals surface area contributed by atoms with Crippen LogP contribution in [0.25, 0.3) is 0 Å². The van der Waals surface area contributed by atoms with E-state index in [1.807, 2.05) is 30.3 Å². The molecule has 2 N–H and O–H groups in total. The molecule has 3 nitrogen and oxygen atoms in total. The molecule has 2 aliphatic carbocycles. The van der Waals surface area contributed by atoms with Crippen LogP contribution in [-0.4, -0.2) is 11.5 Å². The predicted molar refractivity (Wildman–Crippen MR) is 64.0 cm³/mol. The molecule has 0 amide bonds. The average Bonchev–Trinajstić information content (AvgIpc) is 3.22. The van der Waals surface area contributed by atoms with Crippen LogP contribution in [0.4, 0.5) is 0 Å². The number of hydrogen-bond donors (Lipinski definition) is 1. The van der Waals surface area contributed by atoms with Crippen LogP contribution in [0.1, 0.15) is 24.8 Å². The molecule has 90 valence electrons. The van der Waals surface area contributed by atoms with Gasteiger partial charge in [0, 0.05) is 0 Å². The maximum absolute atomic E-state index is 11.9. The van der Waals surface area contributed by atoms with Gasteiger partial charge in [-0.25, -0.2) is 0 Å². The highest BCUT2D eigenvalue weighted by molar-refractivity contribution is 5.85. The lowest BCUT2D eigenvalue weighted by Crippen LogP contribution is -2.37. The summed E-state index contributed by atoms with van der Waals surface area (Å²) in [4.78, 5) is 11.9. The summed E-state index contributed by atoms with van der Waals surface area (Å²) in [5, 5.41) is 0. The summed E-state index contributed by atoms with van der Waals surface area (Å²) in [5.41, 5.74) is 6.40. The molecular weight excluding hydrogens is 214 g/mol. The van der Waals surface area contributed by atoms with Crippen molar-refractivity contribution in [1.82, 2.24) is 0 Å². The Kier molecular flexibility index (Phi) is 2.44. The molecule has 0 saturated heterocycles. The monoisotopic (exact) mass is 231 g/mol. The Morgan fingerprint density at radius 2 is 2.06 bits per heavy atom. The third-order valence-electron chi connectivity index (χ3n) is 3.84. The largest absolute Gasteiger partial charge is 0.459 e. The van der Waals surface area contributed by atoms with E-state index in [2.05, 4.69) is 0 Å². The van der Waals surface area contributed by atoms with Gasteiger partial charge in [0.1, 0.15) is 12.1 Å². The van der Waals surface area contributed by atoms with E-state index in [1.165, 1.54) is 12.8 Å². The highest BCUT2D eigenvalue weighted by Crippen LogP contribution is 2.56. The highest BCUT2D eigenvalue weighted by Gasteiger charge is 2.63. The fourth-order valence-corrected chi connectivity index (χ4v) is 2.48. The number of hydrogen-bond acceptors (Lipinski definition) is 3. The molecule has 0 unspecified atom stereocenters. The summed E-state index contributed by atoms with van der Waals surface area (Å²) < 4.78 is 5.30. The Morgan fingerprint density at radius 1 is 1.35 bits per heavy atom. The van der Waals surface area contributed by atoms with Crippen molar-refractivity contribution >= 4 is 5.97 Å². The SMILES string of the molecule is N[C@@]1(C(=O)OCc2ccccc2)C[C@@H]1C1CC1. The Morgan fingerprint density at radius 3 is 2.71 bits per heavy atom. The van der Waals surface area contributed by atoms with E-state index in [-0.39, 0.29) is 5.97 Å². The molecule has 1 aromatic rings. The van der Waals surface area contributed by atoms with Crippen LogP contribution in [0.5, 0.6) is 0 Å². The topological polar surface area (TPSA) is 52.3 Å². The predicted octanol–water partition coefficient (Wildman–Crippen LogP) is 1.86. The second-order valence-electron chi connectivity index (χ2n) is 5.25. The Labute approximate surface area is 101 Å². The summed E-state index contributed by atoms with van der Waals surface area (Å²) in [7, 11) is 0. The lowest BCUT2D eigenvalue weighted by Gasteiger charge is -2.11. The van der Waals surface area contributed by atoms with Crippen LogP contribution in [0.2, 0.25) is 0 Å². The summed E-state index contributed by atoms with van der Waals surface area (Å²) in [5.74, 6) is 0.841. The summed E-state index contributed by atoms with van der Waals surface area (Å²) >= 11 is 0. The van der Waals surface area contributed by atoms with Crippen LogP contribution in [0, 0.1) is 11.8 Å². The van der Waals surface area contributed by atoms with Gasteiger partial charge in [-0.15, -0.1) is 0 Å². The maximum Gasteiger partial charge on any atom is 0.326 e. The van der Waals surface area contributed by atoms with E-state index in [0.29, 0.717) is 18.4 Å². The Balaban J connectivity index is 1.54. The first-order valence-corrected chi connectivity index (χ1v) is 6.20. The van der Waals surface area contributed by atoms with Gasteiger partial charge in [0.2, 0.25) is 0 Å². The minimum absolute atomic E-state index is 0.224. The zero-order chi connectivity index (χ0) is 11.9.